The summed E-state index contributed by atoms with van der Waals surface area (Å²) in [6, 6.07) is 3.64. The lowest BCUT2D eigenvalue weighted by Crippen LogP contribution is -1.95. The summed E-state index contributed by atoms with van der Waals surface area (Å²) in [4.78, 5) is 0. The second-order valence-electron chi connectivity index (χ2n) is 2.48. The van der Waals surface area contributed by atoms with Gasteiger partial charge in [-0.15, -0.1) is 0 Å². The largest absolute Gasteiger partial charge is 0.355 e. The molecule has 0 aliphatic heterocycles. The van der Waals surface area contributed by atoms with Crippen molar-refractivity contribution in [2.45, 2.75) is 6.54 Å². The first kappa shape index (κ1) is 7.58. The van der Waals surface area contributed by atoms with Crippen molar-refractivity contribution in [3.63, 3.8) is 0 Å². The molecule has 0 bridgehead atoms. The molecule has 3 nitrogen and oxygen atoms in total. The van der Waals surface area contributed by atoms with Crippen molar-refractivity contribution in [3.8, 4) is 0 Å². The van der Waals surface area contributed by atoms with Gasteiger partial charge in [0.05, 0.1) is 11.2 Å². The molecule has 12 heavy (non-hydrogen) atoms. The predicted molar refractivity (Wildman–Crippen MR) is 46.9 cm³/mol. The van der Waals surface area contributed by atoms with Crippen LogP contribution in [0, 0.1) is 0 Å². The van der Waals surface area contributed by atoms with Gasteiger partial charge >= 0.3 is 0 Å². The second-order valence-corrected chi connectivity index (χ2v) is 2.89. The Hall–Kier alpha value is -1.06. The van der Waals surface area contributed by atoms with Crippen LogP contribution >= 0.6 is 11.6 Å². The van der Waals surface area contributed by atoms with Crippen LogP contribution in [0.15, 0.2) is 22.9 Å². The minimum atomic E-state index is 0.467. The highest BCUT2D eigenvalue weighted by molar-refractivity contribution is 6.34. The number of hydrogen-bond donors (Lipinski definition) is 1. The van der Waals surface area contributed by atoms with Crippen LogP contribution < -0.4 is 5.73 Å². The van der Waals surface area contributed by atoms with Crippen molar-refractivity contribution in [1.82, 2.24) is 5.16 Å². The number of rotatable bonds is 1. The van der Waals surface area contributed by atoms with Gasteiger partial charge in [-0.25, -0.2) is 0 Å². The number of nitrogens with zero attached hydrogens (tertiary/aromatic N) is 1. The monoisotopic (exact) mass is 182 g/mol. The third kappa shape index (κ3) is 0.983. The van der Waals surface area contributed by atoms with E-state index in [0.29, 0.717) is 17.2 Å². The van der Waals surface area contributed by atoms with Crippen LogP contribution in [-0.2, 0) is 6.54 Å². The SMILES string of the molecule is NCc1ccc(Cl)c2oncc12. The molecule has 0 saturated heterocycles. The van der Waals surface area contributed by atoms with Gasteiger partial charge in [0, 0.05) is 11.9 Å². The van der Waals surface area contributed by atoms with E-state index >= 15 is 0 Å². The van der Waals surface area contributed by atoms with Gasteiger partial charge in [0.2, 0.25) is 0 Å². The van der Waals surface area contributed by atoms with Crippen LogP contribution in [0.1, 0.15) is 5.56 Å². The van der Waals surface area contributed by atoms with Crippen molar-refractivity contribution in [2.75, 3.05) is 0 Å². The fraction of sp³-hybridized carbons (Fsp3) is 0.125. The summed E-state index contributed by atoms with van der Waals surface area (Å²) in [5.74, 6) is 0. The quantitative estimate of drug-likeness (QED) is 0.734. The first-order valence-electron chi connectivity index (χ1n) is 3.55. The highest BCUT2D eigenvalue weighted by Crippen LogP contribution is 2.25. The van der Waals surface area contributed by atoms with E-state index in [0.717, 1.165) is 10.9 Å². The Morgan fingerprint density at radius 1 is 1.50 bits per heavy atom. The Morgan fingerprint density at radius 3 is 3.08 bits per heavy atom. The highest BCUT2D eigenvalue weighted by atomic mass is 35.5. The van der Waals surface area contributed by atoms with Gasteiger partial charge < -0.3 is 10.3 Å². The molecule has 0 unspecified atom stereocenters. The average molecular weight is 183 g/mol. The smallest absolute Gasteiger partial charge is 0.185 e. The average Bonchev–Trinajstić information content (AvgIpc) is 2.54. The van der Waals surface area contributed by atoms with Crippen molar-refractivity contribution in [2.24, 2.45) is 5.73 Å². The molecule has 0 aliphatic rings. The van der Waals surface area contributed by atoms with Gasteiger partial charge in [-0.3, -0.25) is 0 Å². The molecule has 1 heterocycles. The minimum absolute atomic E-state index is 0.467. The second kappa shape index (κ2) is 2.77. The van der Waals surface area contributed by atoms with Crippen LogP contribution in [0.3, 0.4) is 0 Å². The minimum Gasteiger partial charge on any atom is -0.355 e. The fourth-order valence-corrected chi connectivity index (χ4v) is 1.36. The Bertz CT molecular complexity index is 410. The molecule has 62 valence electrons. The standard InChI is InChI=1S/C8H7ClN2O/c9-7-2-1-5(3-10)6-4-11-12-8(6)7/h1-2,4H,3,10H2. The molecule has 1 aromatic carbocycles. The third-order valence-corrected chi connectivity index (χ3v) is 2.08. The van der Waals surface area contributed by atoms with Gasteiger partial charge in [-0.05, 0) is 11.6 Å². The van der Waals surface area contributed by atoms with Crippen molar-refractivity contribution in [3.05, 3.63) is 28.9 Å². The van der Waals surface area contributed by atoms with Crippen molar-refractivity contribution in [1.29, 1.82) is 0 Å². The number of hydrogen-bond acceptors (Lipinski definition) is 3. The van der Waals surface area contributed by atoms with E-state index in [1.165, 1.54) is 0 Å². The Morgan fingerprint density at radius 2 is 2.33 bits per heavy atom. The van der Waals surface area contributed by atoms with Gasteiger partial charge in [0.1, 0.15) is 0 Å². The molecule has 0 radical (unpaired) electrons. The zero-order valence-electron chi connectivity index (χ0n) is 6.25. The maximum absolute atomic E-state index is 5.85. The lowest BCUT2D eigenvalue weighted by molar-refractivity contribution is 0.456. The molecule has 2 aromatic rings. The summed E-state index contributed by atoms with van der Waals surface area (Å²) >= 11 is 5.85. The van der Waals surface area contributed by atoms with E-state index in [4.69, 9.17) is 21.9 Å². The molecular formula is C8H7ClN2O. The first-order valence-corrected chi connectivity index (χ1v) is 3.92. The Balaban J connectivity index is 2.82. The van der Waals surface area contributed by atoms with Crippen LogP contribution in [0.2, 0.25) is 5.02 Å². The lowest BCUT2D eigenvalue weighted by atomic mass is 10.1. The number of nitrogens with two attached hydrogens (primary N) is 1. The zero-order valence-corrected chi connectivity index (χ0v) is 7.01. The van der Waals surface area contributed by atoms with Gasteiger partial charge in [-0.1, -0.05) is 22.8 Å². The summed E-state index contributed by atoms with van der Waals surface area (Å²) in [5.41, 5.74) is 7.12. The summed E-state index contributed by atoms with van der Waals surface area (Å²) in [7, 11) is 0. The van der Waals surface area contributed by atoms with Crippen LogP contribution in [0.5, 0.6) is 0 Å². The first-order chi connectivity index (χ1) is 5.83. The van der Waals surface area contributed by atoms with Crippen LogP contribution in [0.25, 0.3) is 11.0 Å². The summed E-state index contributed by atoms with van der Waals surface area (Å²) in [6.45, 7) is 0.467. The highest BCUT2D eigenvalue weighted by Gasteiger charge is 2.06. The molecule has 0 atom stereocenters. The summed E-state index contributed by atoms with van der Waals surface area (Å²) < 4.78 is 4.95. The van der Waals surface area contributed by atoms with Gasteiger partial charge in [0.15, 0.2) is 5.58 Å². The summed E-state index contributed by atoms with van der Waals surface area (Å²) in [6.07, 6.45) is 1.63. The maximum atomic E-state index is 5.85. The fourth-order valence-electron chi connectivity index (χ4n) is 1.16. The Kier molecular flexibility index (Phi) is 1.75. The topological polar surface area (TPSA) is 52.0 Å². The molecule has 0 fully saturated rings. The van der Waals surface area contributed by atoms with E-state index in [1.807, 2.05) is 6.07 Å². The molecule has 0 saturated carbocycles. The van der Waals surface area contributed by atoms with Gasteiger partial charge in [0.25, 0.3) is 0 Å². The lowest BCUT2D eigenvalue weighted by Gasteiger charge is -1.97. The number of benzene rings is 1. The number of halogens is 1. The van der Waals surface area contributed by atoms with Crippen molar-refractivity contribution >= 4 is 22.6 Å². The number of fused-ring (bicyclic) bond motifs is 1. The molecular weight excluding hydrogens is 176 g/mol. The number of aromatic nitrogens is 1. The molecule has 0 spiro atoms. The predicted octanol–water partition coefficient (Wildman–Crippen LogP) is 1.94. The maximum Gasteiger partial charge on any atom is 0.185 e. The van der Waals surface area contributed by atoms with Crippen molar-refractivity contribution < 1.29 is 4.52 Å². The Labute approximate surface area is 74.1 Å². The molecule has 1 aromatic heterocycles. The van der Waals surface area contributed by atoms with E-state index < -0.39 is 0 Å². The van der Waals surface area contributed by atoms with Crippen LogP contribution in [-0.4, -0.2) is 5.16 Å². The third-order valence-electron chi connectivity index (χ3n) is 1.78. The molecule has 0 amide bonds. The van der Waals surface area contributed by atoms with E-state index in [2.05, 4.69) is 5.16 Å². The molecule has 2 N–H and O–H groups in total. The molecule has 0 aliphatic carbocycles. The van der Waals surface area contributed by atoms with E-state index in [1.54, 1.807) is 12.3 Å². The molecule has 2 rings (SSSR count). The normalized spacial score (nSPS) is 10.8. The van der Waals surface area contributed by atoms with E-state index in [9.17, 15) is 0 Å². The van der Waals surface area contributed by atoms with Crippen LogP contribution in [0.4, 0.5) is 0 Å². The zero-order chi connectivity index (χ0) is 8.55. The van der Waals surface area contributed by atoms with E-state index in [-0.39, 0.29) is 0 Å². The summed E-state index contributed by atoms with van der Waals surface area (Å²) in [5, 5.41) is 5.12. The van der Waals surface area contributed by atoms with Gasteiger partial charge in [-0.2, -0.15) is 0 Å². The molecule has 4 heteroatoms.